The molecule has 0 aromatic heterocycles. The van der Waals surface area contributed by atoms with Crippen molar-refractivity contribution in [1.29, 1.82) is 0 Å². The minimum atomic E-state index is 0.407. The molecule has 1 saturated carbocycles. The van der Waals surface area contributed by atoms with Crippen LogP contribution in [0.3, 0.4) is 0 Å². The minimum absolute atomic E-state index is 0.407. The lowest BCUT2D eigenvalue weighted by molar-refractivity contribution is 0.244. The molecule has 19 heavy (non-hydrogen) atoms. The maximum Gasteiger partial charge on any atom is 0.138 e. The molecule has 0 unspecified atom stereocenters. The SMILES string of the molecule is Clc1cc(CCN2CCNCC2)ccc1OC1CC1. The Morgan fingerprint density at radius 1 is 1.26 bits per heavy atom. The number of halogens is 1. The van der Waals surface area contributed by atoms with Crippen LogP contribution in [0.25, 0.3) is 0 Å². The van der Waals surface area contributed by atoms with Crippen molar-refractivity contribution in [2.75, 3.05) is 32.7 Å². The summed E-state index contributed by atoms with van der Waals surface area (Å²) in [7, 11) is 0. The van der Waals surface area contributed by atoms with E-state index in [1.54, 1.807) is 0 Å². The van der Waals surface area contributed by atoms with E-state index >= 15 is 0 Å². The monoisotopic (exact) mass is 280 g/mol. The van der Waals surface area contributed by atoms with Crippen molar-refractivity contribution in [3.05, 3.63) is 28.8 Å². The average Bonchev–Trinajstić information content (AvgIpc) is 3.24. The van der Waals surface area contributed by atoms with Crippen LogP contribution in [0.5, 0.6) is 5.75 Å². The minimum Gasteiger partial charge on any atom is -0.489 e. The third kappa shape index (κ3) is 3.85. The van der Waals surface area contributed by atoms with Gasteiger partial charge in [0.15, 0.2) is 0 Å². The molecule has 1 heterocycles. The largest absolute Gasteiger partial charge is 0.489 e. The van der Waals surface area contributed by atoms with E-state index in [1.165, 1.54) is 18.4 Å². The second kappa shape index (κ2) is 6.12. The summed E-state index contributed by atoms with van der Waals surface area (Å²) >= 11 is 6.27. The van der Waals surface area contributed by atoms with Gasteiger partial charge in [-0.15, -0.1) is 0 Å². The molecule has 0 bridgehead atoms. The van der Waals surface area contributed by atoms with E-state index < -0.39 is 0 Å². The molecule has 1 aliphatic heterocycles. The molecule has 1 aromatic carbocycles. The predicted molar refractivity (Wildman–Crippen MR) is 78.1 cm³/mol. The fourth-order valence-electron chi connectivity index (χ4n) is 2.38. The maximum absolute atomic E-state index is 6.27. The van der Waals surface area contributed by atoms with Crippen molar-refractivity contribution in [3.8, 4) is 5.75 Å². The summed E-state index contributed by atoms with van der Waals surface area (Å²) in [4.78, 5) is 2.50. The molecule has 2 aliphatic rings. The first-order valence-corrected chi connectivity index (χ1v) is 7.57. The first kappa shape index (κ1) is 13.2. The van der Waals surface area contributed by atoms with E-state index in [2.05, 4.69) is 22.3 Å². The molecule has 1 saturated heterocycles. The summed E-state index contributed by atoms with van der Waals surface area (Å²) in [6.07, 6.45) is 3.80. The van der Waals surface area contributed by atoms with E-state index in [0.29, 0.717) is 6.10 Å². The zero-order valence-corrected chi connectivity index (χ0v) is 12.0. The Hall–Kier alpha value is -0.770. The molecule has 2 fully saturated rings. The maximum atomic E-state index is 6.27. The number of benzene rings is 1. The summed E-state index contributed by atoms with van der Waals surface area (Å²) < 4.78 is 5.75. The van der Waals surface area contributed by atoms with Gasteiger partial charge in [0, 0.05) is 32.7 Å². The number of hydrogen-bond acceptors (Lipinski definition) is 3. The second-order valence-corrected chi connectivity index (χ2v) is 5.83. The van der Waals surface area contributed by atoms with Gasteiger partial charge in [-0.3, -0.25) is 0 Å². The average molecular weight is 281 g/mol. The van der Waals surface area contributed by atoms with Gasteiger partial charge < -0.3 is 15.0 Å². The fourth-order valence-corrected chi connectivity index (χ4v) is 2.63. The molecule has 0 radical (unpaired) electrons. The van der Waals surface area contributed by atoms with Gasteiger partial charge in [0.25, 0.3) is 0 Å². The Balaban J connectivity index is 1.53. The molecular weight excluding hydrogens is 260 g/mol. The molecule has 3 nitrogen and oxygen atoms in total. The summed E-state index contributed by atoms with van der Waals surface area (Å²) in [6.45, 7) is 5.62. The van der Waals surface area contributed by atoms with Crippen LogP contribution in [0.4, 0.5) is 0 Å². The van der Waals surface area contributed by atoms with Crippen LogP contribution in [0.15, 0.2) is 18.2 Å². The Labute approximate surface area is 119 Å². The zero-order chi connectivity index (χ0) is 13.1. The number of ether oxygens (including phenoxy) is 1. The summed E-state index contributed by atoms with van der Waals surface area (Å²) in [6, 6.07) is 6.22. The van der Waals surface area contributed by atoms with Gasteiger partial charge in [-0.2, -0.15) is 0 Å². The summed E-state index contributed by atoms with van der Waals surface area (Å²) in [5, 5.41) is 4.13. The van der Waals surface area contributed by atoms with Crippen LogP contribution in [-0.2, 0) is 6.42 Å². The highest BCUT2D eigenvalue weighted by atomic mass is 35.5. The van der Waals surface area contributed by atoms with E-state index in [-0.39, 0.29) is 0 Å². The highest BCUT2D eigenvalue weighted by Gasteiger charge is 2.24. The van der Waals surface area contributed by atoms with Crippen LogP contribution in [-0.4, -0.2) is 43.7 Å². The Morgan fingerprint density at radius 2 is 2.05 bits per heavy atom. The smallest absolute Gasteiger partial charge is 0.138 e. The number of nitrogens with zero attached hydrogens (tertiary/aromatic N) is 1. The first-order chi connectivity index (χ1) is 9.31. The molecule has 0 atom stereocenters. The van der Waals surface area contributed by atoms with Crippen LogP contribution in [0.2, 0.25) is 5.02 Å². The molecule has 0 amide bonds. The van der Waals surface area contributed by atoms with E-state index in [0.717, 1.165) is 49.9 Å². The fraction of sp³-hybridized carbons (Fsp3) is 0.600. The molecule has 3 rings (SSSR count). The van der Waals surface area contributed by atoms with Crippen molar-refractivity contribution in [3.63, 3.8) is 0 Å². The van der Waals surface area contributed by atoms with Crippen molar-refractivity contribution >= 4 is 11.6 Å². The van der Waals surface area contributed by atoms with E-state index in [9.17, 15) is 0 Å². The van der Waals surface area contributed by atoms with E-state index in [4.69, 9.17) is 16.3 Å². The molecule has 1 aromatic rings. The Morgan fingerprint density at radius 3 is 2.74 bits per heavy atom. The van der Waals surface area contributed by atoms with Crippen LogP contribution >= 0.6 is 11.6 Å². The molecule has 104 valence electrons. The molecule has 1 aliphatic carbocycles. The van der Waals surface area contributed by atoms with Gasteiger partial charge in [-0.05, 0) is 37.0 Å². The predicted octanol–water partition coefficient (Wildman–Crippen LogP) is 2.33. The van der Waals surface area contributed by atoms with Crippen LogP contribution < -0.4 is 10.1 Å². The highest BCUT2D eigenvalue weighted by Crippen LogP contribution is 2.32. The second-order valence-electron chi connectivity index (χ2n) is 5.42. The van der Waals surface area contributed by atoms with Crippen molar-refractivity contribution in [1.82, 2.24) is 10.2 Å². The topological polar surface area (TPSA) is 24.5 Å². The van der Waals surface area contributed by atoms with Gasteiger partial charge in [0.2, 0.25) is 0 Å². The van der Waals surface area contributed by atoms with Gasteiger partial charge in [-0.1, -0.05) is 17.7 Å². The van der Waals surface area contributed by atoms with Crippen molar-refractivity contribution < 1.29 is 4.74 Å². The molecular formula is C15H21ClN2O. The number of rotatable bonds is 5. The Bertz CT molecular complexity index is 428. The van der Waals surface area contributed by atoms with Crippen LogP contribution in [0.1, 0.15) is 18.4 Å². The quantitative estimate of drug-likeness (QED) is 0.896. The number of piperazine rings is 1. The standard InChI is InChI=1S/C15H21ClN2O/c16-14-11-12(1-4-15(14)19-13-2-3-13)5-8-18-9-6-17-7-10-18/h1,4,11,13,17H,2-3,5-10H2. The summed E-state index contributed by atoms with van der Waals surface area (Å²) in [5.74, 6) is 0.843. The zero-order valence-electron chi connectivity index (χ0n) is 11.2. The third-order valence-electron chi connectivity index (χ3n) is 3.74. The summed E-state index contributed by atoms with van der Waals surface area (Å²) in [5.41, 5.74) is 1.30. The van der Waals surface area contributed by atoms with Gasteiger partial charge >= 0.3 is 0 Å². The number of hydrogen-bond donors (Lipinski definition) is 1. The van der Waals surface area contributed by atoms with Gasteiger partial charge in [0.05, 0.1) is 11.1 Å². The first-order valence-electron chi connectivity index (χ1n) is 7.19. The lowest BCUT2D eigenvalue weighted by Crippen LogP contribution is -2.44. The molecule has 1 N–H and O–H groups in total. The normalized spacial score (nSPS) is 20.5. The van der Waals surface area contributed by atoms with Crippen LogP contribution in [0, 0.1) is 0 Å². The Kier molecular flexibility index (Phi) is 4.26. The van der Waals surface area contributed by atoms with E-state index in [1.807, 2.05) is 6.07 Å². The highest BCUT2D eigenvalue weighted by molar-refractivity contribution is 6.32. The van der Waals surface area contributed by atoms with Crippen molar-refractivity contribution in [2.45, 2.75) is 25.4 Å². The lowest BCUT2D eigenvalue weighted by Gasteiger charge is -2.27. The van der Waals surface area contributed by atoms with Gasteiger partial charge in [0.1, 0.15) is 5.75 Å². The van der Waals surface area contributed by atoms with Crippen molar-refractivity contribution in [2.24, 2.45) is 0 Å². The third-order valence-corrected chi connectivity index (χ3v) is 4.04. The lowest BCUT2D eigenvalue weighted by atomic mass is 10.1. The van der Waals surface area contributed by atoms with Gasteiger partial charge in [-0.25, -0.2) is 0 Å². The molecule has 0 spiro atoms. The number of nitrogens with one attached hydrogen (secondary N) is 1. The molecule has 4 heteroatoms.